The summed E-state index contributed by atoms with van der Waals surface area (Å²) >= 11 is 0. The summed E-state index contributed by atoms with van der Waals surface area (Å²) in [5.41, 5.74) is 1.21. The van der Waals surface area contributed by atoms with Crippen molar-refractivity contribution in [3.05, 3.63) is 23.3 Å². The summed E-state index contributed by atoms with van der Waals surface area (Å²) in [6.45, 7) is 14.3. The van der Waals surface area contributed by atoms with Crippen molar-refractivity contribution in [2.75, 3.05) is 20.3 Å². The summed E-state index contributed by atoms with van der Waals surface area (Å²) < 4.78 is 42.2. The molecule has 0 unspecified atom stereocenters. The molecule has 1 aromatic carbocycles. The molecule has 1 heterocycles. The number of benzene rings is 1. The van der Waals surface area contributed by atoms with Crippen LogP contribution in [0.15, 0.2) is 12.1 Å². The Morgan fingerprint density at radius 1 is 1.04 bits per heavy atom. The molecule has 0 N–H and O–H groups in total. The Labute approximate surface area is 169 Å². The largest absolute Gasteiger partial charge is 0.496 e. The van der Waals surface area contributed by atoms with Crippen molar-refractivity contribution in [1.29, 1.82) is 0 Å². The van der Waals surface area contributed by atoms with E-state index in [9.17, 15) is 4.57 Å². The molecule has 1 saturated heterocycles. The maximum absolute atomic E-state index is 13.4. The van der Waals surface area contributed by atoms with Gasteiger partial charge in [-0.05, 0) is 78.4 Å². The minimum atomic E-state index is -3.47. The van der Waals surface area contributed by atoms with Gasteiger partial charge in [-0.15, -0.1) is 0 Å². The molecule has 1 aliphatic heterocycles. The zero-order chi connectivity index (χ0) is 21.2. The number of rotatable bonds is 9. The van der Waals surface area contributed by atoms with Crippen LogP contribution in [0.3, 0.4) is 0 Å². The zero-order valence-electron chi connectivity index (χ0n) is 18.5. The van der Waals surface area contributed by atoms with E-state index in [0.29, 0.717) is 17.4 Å². The Morgan fingerprint density at radius 2 is 1.57 bits per heavy atom. The summed E-state index contributed by atoms with van der Waals surface area (Å²) in [6.07, 6.45) is 1.42. The SMILES string of the molecule is CCOP(=O)(OCC)c1c(OC)ccc(CCB2OC(C)(C)C(C)(C)O2)c1C. The lowest BCUT2D eigenvalue weighted by molar-refractivity contribution is 0.00578. The second kappa shape index (κ2) is 8.89. The monoisotopic (exact) mass is 412 g/mol. The third-order valence-corrected chi connectivity index (χ3v) is 7.85. The predicted molar refractivity (Wildman–Crippen MR) is 113 cm³/mol. The molecule has 0 aromatic heterocycles. The summed E-state index contributed by atoms with van der Waals surface area (Å²) in [7, 11) is -2.19. The molecule has 1 aromatic rings. The van der Waals surface area contributed by atoms with Gasteiger partial charge in [0.1, 0.15) is 11.1 Å². The van der Waals surface area contributed by atoms with Crippen molar-refractivity contribution in [1.82, 2.24) is 0 Å². The van der Waals surface area contributed by atoms with E-state index in [4.69, 9.17) is 23.1 Å². The number of ether oxygens (including phenoxy) is 1. The highest BCUT2D eigenvalue weighted by atomic mass is 31.2. The Balaban J connectivity index is 2.29. The van der Waals surface area contributed by atoms with Gasteiger partial charge in [-0.25, -0.2) is 0 Å². The summed E-state index contributed by atoms with van der Waals surface area (Å²) in [5.74, 6) is 0.516. The number of hydrogen-bond donors (Lipinski definition) is 0. The van der Waals surface area contributed by atoms with Crippen LogP contribution in [0.2, 0.25) is 6.32 Å². The molecule has 0 amide bonds. The average Bonchev–Trinajstić information content (AvgIpc) is 2.80. The van der Waals surface area contributed by atoms with Crippen LogP contribution in [0.5, 0.6) is 5.75 Å². The molecule has 0 aliphatic carbocycles. The van der Waals surface area contributed by atoms with Crippen LogP contribution in [0, 0.1) is 6.92 Å². The summed E-state index contributed by atoms with van der Waals surface area (Å²) in [6, 6.07) is 3.82. The Morgan fingerprint density at radius 3 is 2.04 bits per heavy atom. The van der Waals surface area contributed by atoms with Crippen molar-refractivity contribution >= 4 is 20.0 Å². The first-order valence-electron chi connectivity index (χ1n) is 9.93. The number of aryl methyl sites for hydroxylation is 1. The van der Waals surface area contributed by atoms with E-state index in [2.05, 4.69) is 0 Å². The lowest BCUT2D eigenvalue weighted by atomic mass is 9.81. The molecule has 2 rings (SSSR count). The molecule has 28 heavy (non-hydrogen) atoms. The van der Waals surface area contributed by atoms with Crippen LogP contribution in [-0.4, -0.2) is 38.6 Å². The molecule has 0 spiro atoms. The average molecular weight is 412 g/mol. The molecule has 0 radical (unpaired) electrons. The van der Waals surface area contributed by atoms with Crippen molar-refractivity contribution in [2.24, 2.45) is 0 Å². The van der Waals surface area contributed by atoms with Gasteiger partial charge in [0.05, 0.1) is 31.5 Å². The van der Waals surface area contributed by atoms with Gasteiger partial charge in [0, 0.05) is 0 Å². The second-order valence-electron chi connectivity index (χ2n) is 7.96. The Hall–Kier alpha value is -0.845. The topological polar surface area (TPSA) is 63.2 Å². The van der Waals surface area contributed by atoms with Crippen LogP contribution in [0.1, 0.15) is 52.7 Å². The van der Waals surface area contributed by atoms with Crippen molar-refractivity contribution < 1.29 is 27.7 Å². The highest BCUT2D eigenvalue weighted by Gasteiger charge is 2.50. The van der Waals surface area contributed by atoms with Crippen LogP contribution in [0.25, 0.3) is 0 Å². The highest BCUT2D eigenvalue weighted by molar-refractivity contribution is 7.62. The normalized spacial score (nSPS) is 18.5. The molecule has 8 heteroatoms. The maximum Gasteiger partial charge on any atom is 0.458 e. The molecule has 1 fully saturated rings. The standard InChI is InChI=1S/C20H34BO6P/c1-9-24-28(22,25-10-2)18-15(3)16(11-12-17(18)23-8)13-14-21-26-19(4,5)20(6,7)27-21/h11-12H,9-10,13-14H2,1-8H3. The molecule has 1 aliphatic rings. The van der Waals surface area contributed by atoms with Gasteiger partial charge in [0.2, 0.25) is 0 Å². The van der Waals surface area contributed by atoms with E-state index in [1.165, 1.54) is 0 Å². The molecular formula is C20H34BO6P. The molecule has 6 nitrogen and oxygen atoms in total. The molecule has 158 valence electrons. The van der Waals surface area contributed by atoms with Crippen molar-refractivity contribution in [2.45, 2.75) is 72.4 Å². The van der Waals surface area contributed by atoms with Gasteiger partial charge in [-0.2, -0.15) is 0 Å². The van der Waals surface area contributed by atoms with Crippen LogP contribution < -0.4 is 10.0 Å². The quantitative estimate of drug-likeness (QED) is 0.439. The van der Waals surface area contributed by atoms with Gasteiger partial charge in [0.15, 0.2) is 0 Å². The first-order valence-corrected chi connectivity index (χ1v) is 11.5. The molecular weight excluding hydrogens is 378 g/mol. The van der Waals surface area contributed by atoms with Crippen molar-refractivity contribution in [3.8, 4) is 5.75 Å². The molecule has 0 saturated carbocycles. The van der Waals surface area contributed by atoms with Crippen LogP contribution in [0.4, 0.5) is 0 Å². The third-order valence-electron chi connectivity index (χ3n) is 5.55. The van der Waals surface area contributed by atoms with E-state index in [-0.39, 0.29) is 31.5 Å². The fourth-order valence-corrected chi connectivity index (χ4v) is 5.36. The van der Waals surface area contributed by atoms with E-state index >= 15 is 0 Å². The third kappa shape index (κ3) is 4.65. The number of methoxy groups -OCH3 is 1. The Bertz CT molecular complexity index is 708. The van der Waals surface area contributed by atoms with Crippen LogP contribution >= 0.6 is 7.60 Å². The number of hydrogen-bond acceptors (Lipinski definition) is 6. The minimum absolute atomic E-state index is 0.277. The van der Waals surface area contributed by atoms with Crippen LogP contribution in [-0.2, 0) is 29.3 Å². The summed E-state index contributed by atoms with van der Waals surface area (Å²) in [5, 5.41) is 0.505. The van der Waals surface area contributed by atoms with Gasteiger partial charge in [-0.3, -0.25) is 4.57 Å². The predicted octanol–water partition coefficient (Wildman–Crippen LogP) is 4.53. The van der Waals surface area contributed by atoms with Crippen molar-refractivity contribution in [3.63, 3.8) is 0 Å². The van der Waals surface area contributed by atoms with Gasteiger partial charge in [-0.1, -0.05) is 6.07 Å². The fraction of sp³-hybridized carbons (Fsp3) is 0.700. The van der Waals surface area contributed by atoms with Gasteiger partial charge >= 0.3 is 14.7 Å². The lowest BCUT2D eigenvalue weighted by Gasteiger charge is -2.32. The molecule has 0 bridgehead atoms. The summed E-state index contributed by atoms with van der Waals surface area (Å²) in [4.78, 5) is 0. The highest BCUT2D eigenvalue weighted by Crippen LogP contribution is 2.50. The van der Waals surface area contributed by atoms with E-state index in [1.54, 1.807) is 21.0 Å². The lowest BCUT2D eigenvalue weighted by Crippen LogP contribution is -2.41. The van der Waals surface area contributed by atoms with E-state index < -0.39 is 7.60 Å². The second-order valence-corrected chi connectivity index (χ2v) is 9.92. The zero-order valence-corrected chi connectivity index (χ0v) is 19.4. The van der Waals surface area contributed by atoms with E-state index in [1.807, 2.05) is 46.8 Å². The first-order chi connectivity index (χ1) is 13.0. The maximum atomic E-state index is 13.4. The smallest absolute Gasteiger partial charge is 0.458 e. The van der Waals surface area contributed by atoms with E-state index in [0.717, 1.165) is 17.5 Å². The Kier molecular flexibility index (Phi) is 7.44. The minimum Gasteiger partial charge on any atom is -0.496 e. The van der Waals surface area contributed by atoms with Gasteiger partial charge < -0.3 is 23.1 Å². The first kappa shape index (κ1) is 23.4. The van der Waals surface area contributed by atoms with Gasteiger partial charge in [0.25, 0.3) is 0 Å². The molecule has 0 atom stereocenters. The fourth-order valence-electron chi connectivity index (χ4n) is 3.36.